The van der Waals surface area contributed by atoms with Gasteiger partial charge in [0, 0.05) is 24.5 Å². The molecule has 1 heterocycles. The second-order valence-corrected chi connectivity index (χ2v) is 7.20. The first-order valence-corrected chi connectivity index (χ1v) is 8.52. The monoisotopic (exact) mass is 279 g/mol. The SMILES string of the molecule is CN(CC1CCCCC1)c1nc2c(s1)C(N)CCC2. The van der Waals surface area contributed by atoms with Crippen LogP contribution in [-0.4, -0.2) is 18.6 Å². The van der Waals surface area contributed by atoms with Gasteiger partial charge in [0.2, 0.25) is 0 Å². The Morgan fingerprint density at radius 2 is 2.00 bits per heavy atom. The second kappa shape index (κ2) is 5.80. The van der Waals surface area contributed by atoms with Crippen LogP contribution in [0.5, 0.6) is 0 Å². The Labute approximate surface area is 120 Å². The molecule has 3 nitrogen and oxygen atoms in total. The van der Waals surface area contributed by atoms with E-state index in [9.17, 15) is 0 Å². The van der Waals surface area contributed by atoms with Crippen molar-refractivity contribution in [1.82, 2.24) is 4.98 Å². The second-order valence-electron chi connectivity index (χ2n) is 6.19. The highest BCUT2D eigenvalue weighted by Crippen LogP contribution is 2.36. The van der Waals surface area contributed by atoms with E-state index >= 15 is 0 Å². The lowest BCUT2D eigenvalue weighted by Gasteiger charge is -2.26. The number of nitrogens with zero attached hydrogens (tertiary/aromatic N) is 2. The normalized spacial score (nSPS) is 24.2. The molecule has 2 aliphatic rings. The van der Waals surface area contributed by atoms with Gasteiger partial charge in [0.25, 0.3) is 0 Å². The zero-order valence-electron chi connectivity index (χ0n) is 11.9. The fourth-order valence-electron chi connectivity index (χ4n) is 3.44. The maximum absolute atomic E-state index is 6.20. The summed E-state index contributed by atoms with van der Waals surface area (Å²) >= 11 is 1.83. The lowest BCUT2D eigenvalue weighted by molar-refractivity contribution is 0.362. The molecule has 0 aliphatic heterocycles. The van der Waals surface area contributed by atoms with Gasteiger partial charge in [0.05, 0.1) is 5.69 Å². The van der Waals surface area contributed by atoms with E-state index in [1.165, 1.54) is 60.8 Å². The summed E-state index contributed by atoms with van der Waals surface area (Å²) in [6.45, 7) is 1.17. The van der Waals surface area contributed by atoms with Crippen molar-refractivity contribution in [2.24, 2.45) is 11.7 Å². The quantitative estimate of drug-likeness (QED) is 0.921. The van der Waals surface area contributed by atoms with Gasteiger partial charge in [-0.25, -0.2) is 4.98 Å². The van der Waals surface area contributed by atoms with Crippen molar-refractivity contribution in [3.05, 3.63) is 10.6 Å². The molecule has 19 heavy (non-hydrogen) atoms. The number of thiazole rings is 1. The fraction of sp³-hybridized carbons (Fsp3) is 0.800. The molecule has 0 amide bonds. The minimum Gasteiger partial charge on any atom is -0.351 e. The third-order valence-corrected chi connectivity index (χ3v) is 5.91. The highest BCUT2D eigenvalue weighted by molar-refractivity contribution is 7.15. The topological polar surface area (TPSA) is 42.2 Å². The van der Waals surface area contributed by atoms with Crippen LogP contribution in [0.1, 0.15) is 61.6 Å². The molecular formula is C15H25N3S. The number of aromatic nitrogens is 1. The largest absolute Gasteiger partial charge is 0.351 e. The highest BCUT2D eigenvalue weighted by Gasteiger charge is 2.24. The molecule has 1 aromatic heterocycles. The van der Waals surface area contributed by atoms with Crippen molar-refractivity contribution in [2.45, 2.75) is 57.4 Å². The molecular weight excluding hydrogens is 254 g/mol. The first-order valence-electron chi connectivity index (χ1n) is 7.70. The summed E-state index contributed by atoms with van der Waals surface area (Å²) in [6, 6.07) is 0.234. The smallest absolute Gasteiger partial charge is 0.185 e. The Balaban J connectivity index is 1.67. The van der Waals surface area contributed by atoms with Crippen molar-refractivity contribution in [2.75, 3.05) is 18.5 Å². The first-order chi connectivity index (χ1) is 9.24. The third kappa shape index (κ3) is 2.95. The number of anilines is 1. The maximum atomic E-state index is 6.20. The van der Waals surface area contributed by atoms with Crippen LogP contribution in [0.2, 0.25) is 0 Å². The molecule has 0 spiro atoms. The van der Waals surface area contributed by atoms with Gasteiger partial charge in [-0.05, 0) is 38.0 Å². The average Bonchev–Trinajstić information content (AvgIpc) is 2.85. The molecule has 3 rings (SSSR count). The van der Waals surface area contributed by atoms with E-state index in [2.05, 4.69) is 11.9 Å². The third-order valence-electron chi connectivity index (χ3n) is 4.57. The number of nitrogens with two attached hydrogens (primary N) is 1. The minimum absolute atomic E-state index is 0.234. The van der Waals surface area contributed by atoms with E-state index in [1.807, 2.05) is 11.3 Å². The predicted molar refractivity (Wildman–Crippen MR) is 81.8 cm³/mol. The number of aryl methyl sites for hydroxylation is 1. The van der Waals surface area contributed by atoms with Crippen LogP contribution in [0.3, 0.4) is 0 Å². The molecule has 0 radical (unpaired) electrons. The summed E-state index contributed by atoms with van der Waals surface area (Å²) in [5.41, 5.74) is 7.47. The molecule has 1 unspecified atom stereocenters. The number of hydrogen-bond acceptors (Lipinski definition) is 4. The molecule has 1 aromatic rings. The fourth-order valence-corrected chi connectivity index (χ4v) is 4.56. The van der Waals surface area contributed by atoms with Crippen LogP contribution < -0.4 is 10.6 Å². The Kier molecular flexibility index (Phi) is 4.08. The molecule has 1 fully saturated rings. The lowest BCUT2D eigenvalue weighted by atomic mass is 9.89. The van der Waals surface area contributed by atoms with Gasteiger partial charge >= 0.3 is 0 Å². The number of hydrogen-bond donors (Lipinski definition) is 1. The minimum atomic E-state index is 0.234. The zero-order valence-corrected chi connectivity index (χ0v) is 12.7. The summed E-state index contributed by atoms with van der Waals surface area (Å²) in [4.78, 5) is 8.54. The van der Waals surface area contributed by atoms with E-state index in [0.29, 0.717) is 0 Å². The van der Waals surface area contributed by atoms with E-state index < -0.39 is 0 Å². The molecule has 2 N–H and O–H groups in total. The van der Waals surface area contributed by atoms with Crippen molar-refractivity contribution < 1.29 is 0 Å². The highest BCUT2D eigenvalue weighted by atomic mass is 32.1. The Hall–Kier alpha value is -0.610. The Morgan fingerprint density at radius 3 is 2.74 bits per heavy atom. The van der Waals surface area contributed by atoms with Gasteiger partial charge < -0.3 is 10.6 Å². The van der Waals surface area contributed by atoms with Crippen LogP contribution in [0.4, 0.5) is 5.13 Å². The molecule has 1 atom stereocenters. The van der Waals surface area contributed by atoms with Gasteiger partial charge in [0.15, 0.2) is 5.13 Å². The van der Waals surface area contributed by atoms with Crippen molar-refractivity contribution in [3.63, 3.8) is 0 Å². The van der Waals surface area contributed by atoms with Crippen LogP contribution in [0.25, 0.3) is 0 Å². The predicted octanol–water partition coefficient (Wildman–Crippen LogP) is 3.50. The Bertz CT molecular complexity index is 423. The summed E-state index contributed by atoms with van der Waals surface area (Å²) in [5.74, 6) is 0.869. The van der Waals surface area contributed by atoms with E-state index in [0.717, 1.165) is 18.8 Å². The maximum Gasteiger partial charge on any atom is 0.185 e. The van der Waals surface area contributed by atoms with Gasteiger partial charge in [0.1, 0.15) is 0 Å². The van der Waals surface area contributed by atoms with Gasteiger partial charge in [-0.3, -0.25) is 0 Å². The molecule has 1 saturated carbocycles. The molecule has 4 heteroatoms. The molecule has 2 aliphatic carbocycles. The summed E-state index contributed by atoms with van der Waals surface area (Å²) in [7, 11) is 2.20. The molecule has 0 bridgehead atoms. The van der Waals surface area contributed by atoms with Crippen LogP contribution in [0.15, 0.2) is 0 Å². The summed E-state index contributed by atoms with van der Waals surface area (Å²) in [6.07, 6.45) is 10.5. The average molecular weight is 279 g/mol. The molecule has 106 valence electrons. The molecule has 0 saturated heterocycles. The summed E-state index contributed by atoms with van der Waals surface area (Å²) < 4.78 is 0. The van der Waals surface area contributed by atoms with Crippen molar-refractivity contribution >= 4 is 16.5 Å². The van der Waals surface area contributed by atoms with Gasteiger partial charge in [-0.15, -0.1) is 11.3 Å². The van der Waals surface area contributed by atoms with Crippen molar-refractivity contribution in [1.29, 1.82) is 0 Å². The van der Waals surface area contributed by atoms with Gasteiger partial charge in [-0.2, -0.15) is 0 Å². The summed E-state index contributed by atoms with van der Waals surface area (Å²) in [5, 5.41) is 1.19. The van der Waals surface area contributed by atoms with E-state index in [1.54, 1.807) is 0 Å². The molecule has 0 aromatic carbocycles. The zero-order chi connectivity index (χ0) is 13.2. The van der Waals surface area contributed by atoms with Crippen molar-refractivity contribution in [3.8, 4) is 0 Å². The number of fused-ring (bicyclic) bond motifs is 1. The van der Waals surface area contributed by atoms with E-state index in [-0.39, 0.29) is 6.04 Å². The Morgan fingerprint density at radius 1 is 1.21 bits per heavy atom. The van der Waals surface area contributed by atoms with Crippen LogP contribution in [0, 0.1) is 5.92 Å². The standard InChI is InChI=1S/C15H25N3S/c1-18(10-11-6-3-2-4-7-11)15-17-13-9-5-8-12(16)14(13)19-15/h11-12H,2-10,16H2,1H3. The first kappa shape index (κ1) is 13.4. The lowest BCUT2D eigenvalue weighted by Crippen LogP contribution is -2.26. The number of rotatable bonds is 3. The van der Waals surface area contributed by atoms with Gasteiger partial charge in [-0.1, -0.05) is 19.3 Å². The van der Waals surface area contributed by atoms with Crippen LogP contribution in [-0.2, 0) is 6.42 Å². The van der Waals surface area contributed by atoms with E-state index in [4.69, 9.17) is 10.7 Å². The van der Waals surface area contributed by atoms with Crippen LogP contribution >= 0.6 is 11.3 Å².